The number of aliphatic carboxylic acids is 1. The number of amides is 1. The Kier molecular flexibility index (Phi) is 5.92. The molecule has 0 aliphatic heterocycles. The Balaban J connectivity index is 1.93. The molecule has 2 N–H and O–H groups in total. The quantitative estimate of drug-likeness (QED) is 0.826. The van der Waals surface area contributed by atoms with Gasteiger partial charge in [-0.3, -0.25) is 9.59 Å². The first-order chi connectivity index (χ1) is 11.1. The van der Waals surface area contributed by atoms with E-state index < -0.39 is 11.9 Å². The Morgan fingerprint density at radius 1 is 1.00 bits per heavy atom. The highest BCUT2D eigenvalue weighted by Crippen LogP contribution is 2.15. The molecule has 0 radical (unpaired) electrons. The molecule has 1 amide bonds. The Bertz CT molecular complexity index is 640. The van der Waals surface area contributed by atoms with Gasteiger partial charge in [-0.15, -0.1) is 0 Å². The summed E-state index contributed by atoms with van der Waals surface area (Å²) in [5.41, 5.74) is 1.87. The first kappa shape index (κ1) is 16.7. The highest BCUT2D eigenvalue weighted by atomic mass is 16.4. The van der Waals surface area contributed by atoms with E-state index in [-0.39, 0.29) is 18.4 Å². The van der Waals surface area contributed by atoms with Crippen LogP contribution in [-0.2, 0) is 16.0 Å². The van der Waals surface area contributed by atoms with Crippen molar-refractivity contribution >= 4 is 11.9 Å². The largest absolute Gasteiger partial charge is 0.481 e. The van der Waals surface area contributed by atoms with Gasteiger partial charge in [0.25, 0.3) is 0 Å². The predicted molar refractivity (Wildman–Crippen MR) is 89.1 cm³/mol. The van der Waals surface area contributed by atoms with Gasteiger partial charge < -0.3 is 10.4 Å². The molecule has 4 nitrogen and oxygen atoms in total. The molecule has 1 unspecified atom stereocenters. The topological polar surface area (TPSA) is 66.4 Å². The lowest BCUT2D eigenvalue weighted by Crippen LogP contribution is -2.36. The van der Waals surface area contributed by atoms with Crippen LogP contribution < -0.4 is 5.32 Å². The first-order valence-corrected chi connectivity index (χ1v) is 7.67. The molecule has 0 saturated heterocycles. The minimum atomic E-state index is -0.901. The van der Waals surface area contributed by atoms with Crippen molar-refractivity contribution in [3.8, 4) is 0 Å². The number of carboxylic acid groups (broad SMARTS) is 1. The van der Waals surface area contributed by atoms with Crippen LogP contribution in [-0.4, -0.2) is 23.5 Å². The number of carboxylic acids is 1. The number of carbonyl (C=O) groups is 2. The second kappa shape index (κ2) is 8.13. The summed E-state index contributed by atoms with van der Waals surface area (Å²) in [5.74, 6) is -2.00. The van der Waals surface area contributed by atoms with Gasteiger partial charge in [-0.2, -0.15) is 0 Å². The summed E-state index contributed by atoms with van der Waals surface area (Å²) in [6, 6.07) is 18.9. The zero-order chi connectivity index (χ0) is 16.7. The van der Waals surface area contributed by atoms with Gasteiger partial charge in [0.2, 0.25) is 5.91 Å². The lowest BCUT2D eigenvalue weighted by Gasteiger charge is -2.16. The summed E-state index contributed by atoms with van der Waals surface area (Å²) < 4.78 is 0. The van der Waals surface area contributed by atoms with Crippen molar-refractivity contribution in [1.82, 2.24) is 5.32 Å². The fraction of sp³-hybridized carbons (Fsp3) is 0.263. The summed E-state index contributed by atoms with van der Waals surface area (Å²) in [5, 5.41) is 12.1. The molecule has 2 rings (SSSR count). The number of hydrogen-bond donors (Lipinski definition) is 2. The number of carbonyl (C=O) groups excluding carboxylic acids is 1. The van der Waals surface area contributed by atoms with Crippen LogP contribution in [0.2, 0.25) is 0 Å². The molecule has 0 fully saturated rings. The summed E-state index contributed by atoms with van der Waals surface area (Å²) >= 11 is 0. The van der Waals surface area contributed by atoms with Crippen LogP contribution in [0, 0.1) is 5.92 Å². The maximum absolute atomic E-state index is 12.2. The smallest absolute Gasteiger partial charge is 0.308 e. The molecule has 23 heavy (non-hydrogen) atoms. The van der Waals surface area contributed by atoms with E-state index in [9.17, 15) is 14.7 Å². The van der Waals surface area contributed by atoms with Gasteiger partial charge >= 0.3 is 5.97 Å². The second-order valence-electron chi connectivity index (χ2n) is 5.60. The van der Waals surface area contributed by atoms with Crippen LogP contribution in [0.5, 0.6) is 0 Å². The molecule has 2 atom stereocenters. The number of nitrogens with one attached hydrogen (secondary N) is 1. The van der Waals surface area contributed by atoms with Crippen LogP contribution in [0.3, 0.4) is 0 Å². The molecule has 0 spiro atoms. The Hall–Kier alpha value is -2.62. The number of benzene rings is 2. The molecular weight excluding hydrogens is 290 g/mol. The molecule has 0 aliphatic carbocycles. The Morgan fingerprint density at radius 2 is 1.57 bits per heavy atom. The summed E-state index contributed by atoms with van der Waals surface area (Å²) in [6.45, 7) is 1.94. The van der Waals surface area contributed by atoms with E-state index in [4.69, 9.17) is 0 Å². The van der Waals surface area contributed by atoms with Crippen LogP contribution in [0.15, 0.2) is 60.7 Å². The van der Waals surface area contributed by atoms with Crippen molar-refractivity contribution in [1.29, 1.82) is 0 Å². The van der Waals surface area contributed by atoms with Gasteiger partial charge in [0, 0.05) is 6.54 Å². The van der Waals surface area contributed by atoms with E-state index in [2.05, 4.69) is 5.32 Å². The molecule has 0 aromatic heterocycles. The van der Waals surface area contributed by atoms with Crippen molar-refractivity contribution in [2.24, 2.45) is 5.92 Å². The van der Waals surface area contributed by atoms with Crippen molar-refractivity contribution in [2.75, 3.05) is 6.54 Å². The van der Waals surface area contributed by atoms with Crippen molar-refractivity contribution in [2.45, 2.75) is 19.3 Å². The Morgan fingerprint density at radius 3 is 2.13 bits per heavy atom. The van der Waals surface area contributed by atoms with Gasteiger partial charge in [0.15, 0.2) is 0 Å². The van der Waals surface area contributed by atoms with Gasteiger partial charge in [-0.25, -0.2) is 0 Å². The molecule has 0 heterocycles. The lowest BCUT2D eigenvalue weighted by atomic mass is 9.97. The second-order valence-corrected chi connectivity index (χ2v) is 5.60. The first-order valence-electron chi connectivity index (χ1n) is 7.67. The molecule has 120 valence electrons. The minimum absolute atomic E-state index is 0.125. The number of rotatable bonds is 7. The van der Waals surface area contributed by atoms with Gasteiger partial charge in [-0.05, 0) is 24.5 Å². The van der Waals surface area contributed by atoms with E-state index in [1.165, 1.54) is 0 Å². The average molecular weight is 311 g/mol. The third kappa shape index (κ3) is 4.95. The highest BCUT2D eigenvalue weighted by Gasteiger charge is 2.21. The molecular formula is C19H21NO3. The fourth-order valence-electron chi connectivity index (χ4n) is 2.42. The van der Waals surface area contributed by atoms with Gasteiger partial charge in [-0.1, -0.05) is 60.7 Å². The molecule has 2 aromatic carbocycles. The third-order valence-electron chi connectivity index (χ3n) is 3.89. The van der Waals surface area contributed by atoms with E-state index in [1.807, 2.05) is 67.6 Å². The zero-order valence-corrected chi connectivity index (χ0v) is 13.1. The molecule has 2 aromatic rings. The van der Waals surface area contributed by atoms with Crippen molar-refractivity contribution in [3.63, 3.8) is 0 Å². The lowest BCUT2D eigenvalue weighted by molar-refractivity contribution is -0.141. The monoisotopic (exact) mass is 311 g/mol. The van der Waals surface area contributed by atoms with Crippen LogP contribution in [0.1, 0.15) is 24.0 Å². The standard InChI is InChI=1S/C19H21NO3/c1-14(16-10-6-3-7-11-16)18(21)20-13-17(19(22)23)12-15-8-4-2-5-9-15/h2-11,14,17H,12-13H2,1H3,(H,20,21)(H,22,23)/t14-,17?/m0/s1. The number of hydrogen-bond acceptors (Lipinski definition) is 2. The van der Waals surface area contributed by atoms with E-state index in [1.54, 1.807) is 0 Å². The maximum atomic E-state index is 12.2. The summed E-state index contributed by atoms with van der Waals surface area (Å²) in [7, 11) is 0. The van der Waals surface area contributed by atoms with Crippen LogP contribution in [0.4, 0.5) is 0 Å². The third-order valence-corrected chi connectivity index (χ3v) is 3.89. The van der Waals surface area contributed by atoms with Crippen LogP contribution in [0.25, 0.3) is 0 Å². The van der Waals surface area contributed by atoms with Crippen LogP contribution >= 0.6 is 0 Å². The van der Waals surface area contributed by atoms with E-state index >= 15 is 0 Å². The molecule has 0 saturated carbocycles. The molecule has 4 heteroatoms. The average Bonchev–Trinajstić information content (AvgIpc) is 2.59. The Labute approximate surface area is 136 Å². The predicted octanol–water partition coefficient (Wildman–Crippen LogP) is 2.85. The zero-order valence-electron chi connectivity index (χ0n) is 13.1. The fourth-order valence-corrected chi connectivity index (χ4v) is 2.42. The van der Waals surface area contributed by atoms with E-state index in [0.717, 1.165) is 11.1 Å². The molecule has 0 aliphatic rings. The SMILES string of the molecule is C[C@H](C(=O)NCC(Cc1ccccc1)C(=O)O)c1ccccc1. The normalized spacial score (nSPS) is 13.1. The molecule has 0 bridgehead atoms. The van der Waals surface area contributed by atoms with Gasteiger partial charge in [0.05, 0.1) is 11.8 Å². The minimum Gasteiger partial charge on any atom is -0.481 e. The van der Waals surface area contributed by atoms with E-state index in [0.29, 0.717) is 6.42 Å². The van der Waals surface area contributed by atoms with Crippen molar-refractivity contribution in [3.05, 3.63) is 71.8 Å². The van der Waals surface area contributed by atoms with Crippen molar-refractivity contribution < 1.29 is 14.7 Å². The van der Waals surface area contributed by atoms with Gasteiger partial charge in [0.1, 0.15) is 0 Å². The summed E-state index contributed by atoms with van der Waals surface area (Å²) in [6.07, 6.45) is 0.399. The highest BCUT2D eigenvalue weighted by molar-refractivity contribution is 5.83. The summed E-state index contributed by atoms with van der Waals surface area (Å²) in [4.78, 5) is 23.6. The maximum Gasteiger partial charge on any atom is 0.308 e.